The van der Waals surface area contributed by atoms with Gasteiger partial charge in [-0.25, -0.2) is 9.59 Å². The van der Waals surface area contributed by atoms with Gasteiger partial charge in [0, 0.05) is 12.8 Å². The van der Waals surface area contributed by atoms with Crippen molar-refractivity contribution in [2.45, 2.75) is 103 Å². The third-order valence-electron chi connectivity index (χ3n) is 5.49. The van der Waals surface area contributed by atoms with Gasteiger partial charge in [0.1, 0.15) is 17.9 Å². The summed E-state index contributed by atoms with van der Waals surface area (Å²) >= 11 is 0. The summed E-state index contributed by atoms with van der Waals surface area (Å²) in [7, 11) is -0.852. The summed E-state index contributed by atoms with van der Waals surface area (Å²) in [6.07, 6.45) is 0.909. The number of likely N-dealkylation sites (tertiary alicyclic amines) is 1. The molecule has 0 saturated carbocycles. The second kappa shape index (κ2) is 8.94. The molecule has 28 heavy (non-hydrogen) atoms. The monoisotopic (exact) mass is 415 g/mol. The number of hydrogen-bond donors (Lipinski definition) is 0. The van der Waals surface area contributed by atoms with Crippen molar-refractivity contribution < 1.29 is 28.3 Å². The number of amides is 1. The quantitative estimate of drug-likeness (QED) is 0.372. The van der Waals surface area contributed by atoms with E-state index < -0.39 is 38.1 Å². The van der Waals surface area contributed by atoms with Crippen molar-refractivity contribution >= 4 is 26.7 Å². The van der Waals surface area contributed by atoms with Crippen LogP contribution in [0.5, 0.6) is 0 Å². The smallest absolute Gasteiger partial charge is 0.411 e. The Labute approximate surface area is 170 Å². The Hall–Kier alpha value is -1.41. The van der Waals surface area contributed by atoms with E-state index >= 15 is 0 Å². The fraction of sp³-hybridized carbons (Fsp3) is 0.850. The number of nitrogens with zero attached hydrogens (tertiary/aromatic N) is 1. The van der Waals surface area contributed by atoms with Crippen LogP contribution in [0.1, 0.15) is 60.8 Å². The number of carbonyl (C=O) groups excluding carboxylic acids is 3. The zero-order chi connectivity index (χ0) is 21.9. The first-order valence-corrected chi connectivity index (χ1v) is 12.8. The lowest BCUT2D eigenvalue weighted by Crippen LogP contribution is -2.51. The second-order valence-corrected chi connectivity index (χ2v) is 14.6. The Balaban J connectivity index is 3.27. The molecule has 7 nitrogen and oxygen atoms in total. The molecule has 1 amide bonds. The normalized spacial score (nSPS) is 23.5. The van der Waals surface area contributed by atoms with Gasteiger partial charge in [0.2, 0.25) is 0 Å². The Morgan fingerprint density at radius 1 is 1.14 bits per heavy atom. The molecule has 0 spiro atoms. The average Bonchev–Trinajstić information content (AvgIpc) is 2.87. The van der Waals surface area contributed by atoms with E-state index in [2.05, 4.69) is 33.9 Å². The highest BCUT2D eigenvalue weighted by Gasteiger charge is 2.52. The van der Waals surface area contributed by atoms with Gasteiger partial charge in [0.05, 0.1) is 19.3 Å². The Kier molecular flexibility index (Phi) is 7.87. The van der Waals surface area contributed by atoms with E-state index in [1.165, 1.54) is 12.0 Å². The molecule has 1 heterocycles. The molecule has 0 bridgehead atoms. The lowest BCUT2D eigenvalue weighted by atomic mass is 10.1. The summed E-state index contributed by atoms with van der Waals surface area (Å²) < 4.78 is 17.1. The number of ether oxygens (including phenoxy) is 2. The molecule has 0 radical (unpaired) electrons. The first-order valence-electron chi connectivity index (χ1n) is 9.85. The third-order valence-corrected chi connectivity index (χ3v) is 9.99. The standard InChI is InChI=1S/C20H37NO6Si/c1-19(2,3)26-18(24)21-14(11-10-12-22)16(13-15(21)17(23)25-7)27-28(8,9)20(4,5)6/h12,14-16H,10-11,13H2,1-9H3/t14-,15-,16-/m0/s1. The van der Waals surface area contributed by atoms with Crippen LogP contribution in [0, 0.1) is 0 Å². The van der Waals surface area contributed by atoms with Crippen molar-refractivity contribution in [3.63, 3.8) is 0 Å². The highest BCUT2D eigenvalue weighted by Crippen LogP contribution is 2.41. The number of methoxy groups -OCH3 is 1. The molecule has 0 aromatic carbocycles. The molecule has 162 valence electrons. The van der Waals surface area contributed by atoms with E-state index in [1.807, 2.05) is 0 Å². The predicted octanol–water partition coefficient (Wildman–Crippen LogP) is 3.91. The molecule has 1 fully saturated rings. The van der Waals surface area contributed by atoms with E-state index in [0.717, 1.165) is 6.29 Å². The van der Waals surface area contributed by atoms with Crippen LogP contribution in [0.15, 0.2) is 0 Å². The van der Waals surface area contributed by atoms with Crippen LogP contribution in [-0.4, -0.2) is 62.5 Å². The Bertz CT molecular complexity index is 578. The number of hydrogen-bond acceptors (Lipinski definition) is 6. The summed E-state index contributed by atoms with van der Waals surface area (Å²) in [6, 6.07) is -1.20. The summed E-state index contributed by atoms with van der Waals surface area (Å²) in [5.74, 6) is -0.497. The number of aldehydes is 1. The van der Waals surface area contributed by atoms with Crippen LogP contribution in [0.2, 0.25) is 18.1 Å². The van der Waals surface area contributed by atoms with Crippen molar-refractivity contribution in [2.24, 2.45) is 0 Å². The van der Waals surface area contributed by atoms with E-state index in [0.29, 0.717) is 12.8 Å². The lowest BCUT2D eigenvalue weighted by molar-refractivity contribution is -0.146. The maximum Gasteiger partial charge on any atom is 0.411 e. The second-order valence-electron chi connectivity index (χ2n) is 9.89. The van der Waals surface area contributed by atoms with Crippen LogP contribution in [0.25, 0.3) is 0 Å². The van der Waals surface area contributed by atoms with Gasteiger partial charge in [-0.3, -0.25) is 4.90 Å². The third kappa shape index (κ3) is 6.04. The fourth-order valence-electron chi connectivity index (χ4n) is 3.07. The zero-order valence-corrected chi connectivity index (χ0v) is 19.8. The summed E-state index contributed by atoms with van der Waals surface area (Å²) in [5.41, 5.74) is -0.703. The van der Waals surface area contributed by atoms with Gasteiger partial charge in [-0.1, -0.05) is 20.8 Å². The van der Waals surface area contributed by atoms with E-state index in [9.17, 15) is 14.4 Å². The van der Waals surface area contributed by atoms with Gasteiger partial charge in [-0.15, -0.1) is 0 Å². The van der Waals surface area contributed by atoms with Gasteiger partial charge in [-0.05, 0) is 45.3 Å². The minimum absolute atomic E-state index is 0.0255. The maximum absolute atomic E-state index is 12.9. The number of carbonyl (C=O) groups is 3. The minimum Gasteiger partial charge on any atom is -0.467 e. The predicted molar refractivity (Wildman–Crippen MR) is 110 cm³/mol. The molecule has 1 aliphatic rings. The van der Waals surface area contributed by atoms with Crippen LogP contribution >= 0.6 is 0 Å². The maximum atomic E-state index is 12.9. The van der Waals surface area contributed by atoms with Crippen LogP contribution in [0.4, 0.5) is 4.79 Å². The molecule has 0 aromatic heterocycles. The SMILES string of the molecule is COC(=O)[C@@H]1C[C@H](O[Si](C)(C)C(C)(C)C)[C@H](CCC=O)N1C(=O)OC(C)(C)C. The molecule has 1 rings (SSSR count). The average molecular weight is 416 g/mol. The van der Waals surface area contributed by atoms with Crippen LogP contribution in [-0.2, 0) is 23.5 Å². The summed E-state index contributed by atoms with van der Waals surface area (Å²) in [5, 5.41) is -0.0255. The van der Waals surface area contributed by atoms with Gasteiger partial charge in [0.25, 0.3) is 0 Å². The van der Waals surface area contributed by atoms with E-state index in [1.54, 1.807) is 20.8 Å². The molecule has 0 aromatic rings. The fourth-order valence-corrected chi connectivity index (χ4v) is 4.43. The van der Waals surface area contributed by atoms with Gasteiger partial charge < -0.3 is 18.7 Å². The first kappa shape index (κ1) is 24.6. The first-order chi connectivity index (χ1) is 12.6. The molecule has 0 N–H and O–H groups in total. The van der Waals surface area contributed by atoms with E-state index in [-0.39, 0.29) is 17.6 Å². The molecule has 0 aliphatic carbocycles. The van der Waals surface area contributed by atoms with Crippen molar-refractivity contribution in [3.05, 3.63) is 0 Å². The van der Waals surface area contributed by atoms with Crippen molar-refractivity contribution in [1.82, 2.24) is 4.90 Å². The largest absolute Gasteiger partial charge is 0.467 e. The van der Waals surface area contributed by atoms with Crippen LogP contribution in [0.3, 0.4) is 0 Å². The highest BCUT2D eigenvalue weighted by molar-refractivity contribution is 6.74. The van der Waals surface area contributed by atoms with Gasteiger partial charge in [-0.2, -0.15) is 0 Å². The molecule has 8 heteroatoms. The number of esters is 1. The summed E-state index contributed by atoms with van der Waals surface area (Å²) in [4.78, 5) is 37.8. The zero-order valence-electron chi connectivity index (χ0n) is 18.8. The Morgan fingerprint density at radius 2 is 1.71 bits per heavy atom. The van der Waals surface area contributed by atoms with Crippen molar-refractivity contribution in [3.8, 4) is 0 Å². The highest BCUT2D eigenvalue weighted by atomic mass is 28.4. The van der Waals surface area contributed by atoms with Gasteiger partial charge >= 0.3 is 12.1 Å². The summed E-state index contributed by atoms with van der Waals surface area (Å²) in [6.45, 7) is 16.0. The van der Waals surface area contributed by atoms with Crippen molar-refractivity contribution in [2.75, 3.05) is 7.11 Å². The van der Waals surface area contributed by atoms with Crippen LogP contribution < -0.4 is 0 Å². The Morgan fingerprint density at radius 3 is 2.14 bits per heavy atom. The molecule has 1 saturated heterocycles. The molecule has 3 atom stereocenters. The van der Waals surface area contributed by atoms with Gasteiger partial charge in [0.15, 0.2) is 8.32 Å². The molecular weight excluding hydrogens is 378 g/mol. The minimum atomic E-state index is -2.16. The molecular formula is C20H37NO6Si. The number of rotatable bonds is 6. The molecule has 0 unspecified atom stereocenters. The van der Waals surface area contributed by atoms with E-state index in [4.69, 9.17) is 13.9 Å². The van der Waals surface area contributed by atoms with Crippen molar-refractivity contribution in [1.29, 1.82) is 0 Å². The molecule has 1 aliphatic heterocycles. The lowest BCUT2D eigenvalue weighted by Gasteiger charge is -2.40. The topological polar surface area (TPSA) is 82.1 Å².